The lowest BCUT2D eigenvalue weighted by atomic mass is 9.98. The fraction of sp³-hybridized carbons (Fsp3) is 1.00. The average molecular weight is 439 g/mol. The topological polar surface area (TPSA) is 158 Å². The van der Waals surface area contributed by atoms with Crippen molar-refractivity contribution in [3.8, 4) is 0 Å². The Morgan fingerprint density at radius 2 is 1.20 bits per heavy atom. The molecule has 6 N–H and O–H groups in total. The van der Waals surface area contributed by atoms with Crippen molar-refractivity contribution in [2.75, 3.05) is 13.2 Å². The van der Waals surface area contributed by atoms with Crippen molar-refractivity contribution in [2.24, 2.45) is 0 Å². The second-order valence-corrected chi connectivity index (χ2v) is 8.17. The standard InChI is InChI=1S/C20H38O10/c1-3-4-5-6-7-8-9-27-19-18(26)16(24)14(22)12(30-19)10-28-20-17(25)15(23)13(21)11(2)29-20/h11-26H,3-10H2,1-2H3/t11-,12+,13+,14-,15+,16-,17-,18+,19-,20-/m0/s1. The summed E-state index contributed by atoms with van der Waals surface area (Å²) < 4.78 is 21.9. The number of hydrogen-bond acceptors (Lipinski definition) is 10. The zero-order valence-electron chi connectivity index (χ0n) is 17.7. The van der Waals surface area contributed by atoms with E-state index in [4.69, 9.17) is 18.9 Å². The van der Waals surface area contributed by atoms with Gasteiger partial charge < -0.3 is 49.6 Å². The van der Waals surface area contributed by atoms with E-state index in [2.05, 4.69) is 6.92 Å². The van der Waals surface area contributed by atoms with E-state index < -0.39 is 61.4 Å². The van der Waals surface area contributed by atoms with Gasteiger partial charge in [0.1, 0.15) is 42.7 Å². The molecule has 2 fully saturated rings. The molecule has 2 saturated heterocycles. The van der Waals surface area contributed by atoms with E-state index in [1.165, 1.54) is 26.2 Å². The SMILES string of the molecule is CCCCCCCCO[C@H]1O[C@H](CO[C@H]2O[C@@H](C)[C@@H](O)[C@@H](O)[C@@H]2O)[C@H](O)[C@H](O)[C@H]1O. The summed E-state index contributed by atoms with van der Waals surface area (Å²) in [6, 6.07) is 0. The van der Waals surface area contributed by atoms with Crippen molar-refractivity contribution in [3.63, 3.8) is 0 Å². The summed E-state index contributed by atoms with van der Waals surface area (Å²) in [5, 5.41) is 60.0. The van der Waals surface area contributed by atoms with Crippen LogP contribution in [0.2, 0.25) is 0 Å². The Bertz CT molecular complexity index is 481. The molecule has 2 heterocycles. The molecule has 0 saturated carbocycles. The zero-order valence-corrected chi connectivity index (χ0v) is 17.7. The Kier molecular flexibility index (Phi) is 10.9. The van der Waals surface area contributed by atoms with Crippen molar-refractivity contribution in [2.45, 2.75) is 114 Å². The second-order valence-electron chi connectivity index (χ2n) is 8.17. The van der Waals surface area contributed by atoms with E-state index in [-0.39, 0.29) is 6.61 Å². The molecule has 0 aromatic rings. The third kappa shape index (κ3) is 6.80. The van der Waals surface area contributed by atoms with Crippen LogP contribution >= 0.6 is 0 Å². The van der Waals surface area contributed by atoms with E-state index >= 15 is 0 Å². The average Bonchev–Trinajstić information content (AvgIpc) is 2.73. The summed E-state index contributed by atoms with van der Waals surface area (Å²) >= 11 is 0. The maximum Gasteiger partial charge on any atom is 0.186 e. The first-order valence-corrected chi connectivity index (χ1v) is 10.9. The molecule has 0 unspecified atom stereocenters. The number of aliphatic hydroxyl groups is 6. The van der Waals surface area contributed by atoms with Gasteiger partial charge in [-0.25, -0.2) is 0 Å². The fourth-order valence-electron chi connectivity index (χ4n) is 3.61. The van der Waals surface area contributed by atoms with Gasteiger partial charge in [0.15, 0.2) is 12.6 Å². The highest BCUT2D eigenvalue weighted by Gasteiger charge is 2.46. The molecule has 0 spiro atoms. The summed E-state index contributed by atoms with van der Waals surface area (Å²) in [7, 11) is 0. The number of rotatable bonds is 11. The summed E-state index contributed by atoms with van der Waals surface area (Å²) in [4.78, 5) is 0. The van der Waals surface area contributed by atoms with Crippen LogP contribution in [-0.2, 0) is 18.9 Å². The smallest absolute Gasteiger partial charge is 0.186 e. The molecule has 0 amide bonds. The highest BCUT2D eigenvalue weighted by Crippen LogP contribution is 2.26. The van der Waals surface area contributed by atoms with Gasteiger partial charge in [0.2, 0.25) is 0 Å². The fourth-order valence-corrected chi connectivity index (χ4v) is 3.61. The van der Waals surface area contributed by atoms with Gasteiger partial charge in [-0.15, -0.1) is 0 Å². The van der Waals surface area contributed by atoms with Gasteiger partial charge in [0, 0.05) is 6.61 Å². The molecule has 2 rings (SSSR count). The molecular formula is C20H38O10. The molecule has 2 aliphatic heterocycles. The maximum absolute atomic E-state index is 10.2. The molecule has 10 heteroatoms. The Labute approximate surface area is 177 Å². The van der Waals surface area contributed by atoms with Crippen molar-refractivity contribution in [1.82, 2.24) is 0 Å². The summed E-state index contributed by atoms with van der Waals surface area (Å²) in [5.41, 5.74) is 0. The van der Waals surface area contributed by atoms with Crippen molar-refractivity contribution >= 4 is 0 Å². The lowest BCUT2D eigenvalue weighted by Crippen LogP contribution is -2.61. The molecule has 10 atom stereocenters. The molecule has 0 aromatic carbocycles. The largest absolute Gasteiger partial charge is 0.388 e. The number of unbranched alkanes of at least 4 members (excludes halogenated alkanes) is 5. The molecular weight excluding hydrogens is 400 g/mol. The van der Waals surface area contributed by atoms with Crippen LogP contribution in [0.3, 0.4) is 0 Å². The minimum absolute atomic E-state index is 0.293. The van der Waals surface area contributed by atoms with Crippen molar-refractivity contribution in [3.05, 3.63) is 0 Å². The minimum Gasteiger partial charge on any atom is -0.388 e. The van der Waals surface area contributed by atoms with Crippen LogP contribution in [0.1, 0.15) is 52.4 Å². The molecule has 0 aliphatic carbocycles. The molecule has 178 valence electrons. The Morgan fingerprint density at radius 1 is 0.633 bits per heavy atom. The van der Waals surface area contributed by atoms with Crippen molar-refractivity contribution in [1.29, 1.82) is 0 Å². The van der Waals surface area contributed by atoms with Crippen LogP contribution in [0.4, 0.5) is 0 Å². The van der Waals surface area contributed by atoms with E-state index in [0.717, 1.165) is 19.3 Å². The highest BCUT2D eigenvalue weighted by molar-refractivity contribution is 4.91. The van der Waals surface area contributed by atoms with E-state index in [1.807, 2.05) is 0 Å². The van der Waals surface area contributed by atoms with Gasteiger partial charge in [-0.1, -0.05) is 39.0 Å². The maximum atomic E-state index is 10.2. The molecule has 0 radical (unpaired) electrons. The Balaban J connectivity index is 1.80. The van der Waals surface area contributed by atoms with Crippen LogP contribution in [0, 0.1) is 0 Å². The number of hydrogen-bond donors (Lipinski definition) is 6. The Morgan fingerprint density at radius 3 is 1.87 bits per heavy atom. The van der Waals surface area contributed by atoms with E-state index in [1.54, 1.807) is 0 Å². The second kappa shape index (κ2) is 12.6. The van der Waals surface area contributed by atoms with Crippen LogP contribution in [0.5, 0.6) is 0 Å². The lowest BCUT2D eigenvalue weighted by Gasteiger charge is -2.42. The van der Waals surface area contributed by atoms with Crippen LogP contribution in [-0.4, -0.2) is 105 Å². The normalized spacial score (nSPS) is 42.4. The third-order valence-corrected chi connectivity index (χ3v) is 5.68. The predicted molar refractivity (Wildman–Crippen MR) is 104 cm³/mol. The lowest BCUT2D eigenvalue weighted by molar-refractivity contribution is -0.328. The first-order valence-electron chi connectivity index (χ1n) is 10.9. The zero-order chi connectivity index (χ0) is 22.3. The quantitative estimate of drug-likeness (QED) is 0.221. The number of ether oxygens (including phenoxy) is 4. The first-order chi connectivity index (χ1) is 14.3. The highest BCUT2D eigenvalue weighted by atomic mass is 16.7. The number of aliphatic hydroxyl groups excluding tert-OH is 6. The van der Waals surface area contributed by atoms with Crippen LogP contribution < -0.4 is 0 Å². The van der Waals surface area contributed by atoms with Gasteiger partial charge in [-0.2, -0.15) is 0 Å². The third-order valence-electron chi connectivity index (χ3n) is 5.68. The van der Waals surface area contributed by atoms with Crippen LogP contribution in [0.25, 0.3) is 0 Å². The summed E-state index contributed by atoms with van der Waals surface area (Å²) in [6.45, 7) is 3.72. The van der Waals surface area contributed by atoms with Crippen LogP contribution in [0.15, 0.2) is 0 Å². The van der Waals surface area contributed by atoms with E-state index in [9.17, 15) is 30.6 Å². The van der Waals surface area contributed by atoms with Crippen molar-refractivity contribution < 1.29 is 49.6 Å². The molecule has 0 aromatic heterocycles. The summed E-state index contributed by atoms with van der Waals surface area (Å²) in [6.07, 6.45) is -6.32. The molecule has 0 bridgehead atoms. The van der Waals surface area contributed by atoms with Gasteiger partial charge in [-0.05, 0) is 13.3 Å². The minimum atomic E-state index is -1.49. The van der Waals surface area contributed by atoms with E-state index in [0.29, 0.717) is 6.61 Å². The first kappa shape index (κ1) is 25.9. The monoisotopic (exact) mass is 438 g/mol. The van der Waals surface area contributed by atoms with Gasteiger partial charge in [0.25, 0.3) is 0 Å². The predicted octanol–water partition coefficient (Wildman–Crippen LogP) is -0.985. The van der Waals surface area contributed by atoms with Gasteiger partial charge >= 0.3 is 0 Å². The Hall–Kier alpha value is -0.400. The molecule has 30 heavy (non-hydrogen) atoms. The molecule has 2 aliphatic rings. The van der Waals surface area contributed by atoms with Gasteiger partial charge in [-0.3, -0.25) is 0 Å². The van der Waals surface area contributed by atoms with Gasteiger partial charge in [0.05, 0.1) is 12.7 Å². The molecule has 10 nitrogen and oxygen atoms in total. The summed E-state index contributed by atoms with van der Waals surface area (Å²) in [5.74, 6) is 0.